The van der Waals surface area contributed by atoms with Crippen molar-refractivity contribution >= 4 is 17.2 Å². The third-order valence-electron chi connectivity index (χ3n) is 3.75. The molecule has 1 amide bonds. The first-order valence-corrected chi connectivity index (χ1v) is 7.76. The van der Waals surface area contributed by atoms with E-state index in [0.717, 1.165) is 23.4 Å². The Hall–Kier alpha value is -2.08. The van der Waals surface area contributed by atoms with Gasteiger partial charge in [0.2, 0.25) is 0 Å². The Balaban J connectivity index is 1.72. The number of hydrogen-bond acceptors (Lipinski definition) is 4. The highest BCUT2D eigenvalue weighted by atomic mass is 32.1. The van der Waals surface area contributed by atoms with Gasteiger partial charge in [0.15, 0.2) is 5.76 Å². The van der Waals surface area contributed by atoms with Gasteiger partial charge >= 0.3 is 0 Å². The minimum atomic E-state index is -0.267. The van der Waals surface area contributed by atoms with Crippen LogP contribution in [0.2, 0.25) is 0 Å². The van der Waals surface area contributed by atoms with E-state index in [9.17, 15) is 9.90 Å². The number of rotatable bonds is 5. The summed E-state index contributed by atoms with van der Waals surface area (Å²) < 4.78 is 1.99. The Bertz CT molecular complexity index is 647. The van der Waals surface area contributed by atoms with E-state index in [1.807, 2.05) is 35.2 Å². The summed E-state index contributed by atoms with van der Waals surface area (Å²) in [5, 5.41) is 12.0. The number of imidazole rings is 1. The average Bonchev–Trinajstić information content (AvgIpc) is 3.20. The average molecular weight is 303 g/mol. The van der Waals surface area contributed by atoms with E-state index in [2.05, 4.69) is 4.98 Å². The van der Waals surface area contributed by atoms with Crippen LogP contribution in [0.5, 0.6) is 0 Å². The number of amides is 1. The highest BCUT2D eigenvalue weighted by Crippen LogP contribution is 2.38. The number of nitrogens with zero attached hydrogens (tertiary/aromatic N) is 3. The van der Waals surface area contributed by atoms with E-state index >= 15 is 0 Å². The summed E-state index contributed by atoms with van der Waals surface area (Å²) in [6.45, 7) is 3.25. The third kappa shape index (κ3) is 2.58. The lowest BCUT2D eigenvalue weighted by atomic mass is 10.1. The molecule has 3 heterocycles. The van der Waals surface area contributed by atoms with Gasteiger partial charge in [-0.1, -0.05) is 6.07 Å². The number of aliphatic hydroxyl groups excluding tert-OH is 1. The fourth-order valence-corrected chi connectivity index (χ4v) is 3.58. The second-order valence-electron chi connectivity index (χ2n) is 5.10. The maximum Gasteiger partial charge on any atom is 0.289 e. The van der Waals surface area contributed by atoms with Gasteiger partial charge in [-0.15, -0.1) is 11.3 Å². The fraction of sp³-hybridized carbons (Fsp3) is 0.333. The molecule has 2 aromatic rings. The van der Waals surface area contributed by atoms with Crippen LogP contribution in [0.15, 0.2) is 47.6 Å². The van der Waals surface area contributed by atoms with Crippen molar-refractivity contribution in [2.45, 2.75) is 25.9 Å². The Morgan fingerprint density at radius 1 is 1.43 bits per heavy atom. The summed E-state index contributed by atoms with van der Waals surface area (Å²) in [6, 6.07) is 3.85. The topological polar surface area (TPSA) is 58.4 Å². The van der Waals surface area contributed by atoms with E-state index < -0.39 is 0 Å². The van der Waals surface area contributed by atoms with Crippen LogP contribution in [-0.2, 0) is 11.3 Å². The van der Waals surface area contributed by atoms with Gasteiger partial charge in [-0.2, -0.15) is 0 Å². The van der Waals surface area contributed by atoms with Gasteiger partial charge in [0.1, 0.15) is 0 Å². The lowest BCUT2D eigenvalue weighted by Gasteiger charge is -2.25. The Kier molecular flexibility index (Phi) is 3.79. The largest absolute Gasteiger partial charge is 0.503 e. The fourth-order valence-electron chi connectivity index (χ4n) is 2.67. The van der Waals surface area contributed by atoms with Crippen LogP contribution in [-0.4, -0.2) is 32.0 Å². The molecular weight excluding hydrogens is 286 g/mol. The molecule has 1 unspecified atom stereocenters. The smallest absolute Gasteiger partial charge is 0.289 e. The minimum absolute atomic E-state index is 0.101. The van der Waals surface area contributed by atoms with Crippen LogP contribution in [0.1, 0.15) is 24.3 Å². The molecule has 0 bridgehead atoms. The third-order valence-corrected chi connectivity index (χ3v) is 4.67. The van der Waals surface area contributed by atoms with Gasteiger partial charge in [0, 0.05) is 35.9 Å². The van der Waals surface area contributed by atoms with E-state index in [1.54, 1.807) is 28.8 Å². The summed E-state index contributed by atoms with van der Waals surface area (Å²) in [5.41, 5.74) is 0.741. The predicted molar refractivity (Wildman–Crippen MR) is 80.9 cm³/mol. The first-order chi connectivity index (χ1) is 10.2. The minimum Gasteiger partial charge on any atom is -0.503 e. The molecule has 0 radical (unpaired) electrons. The molecule has 1 aliphatic rings. The zero-order valence-corrected chi connectivity index (χ0v) is 12.6. The van der Waals surface area contributed by atoms with Crippen molar-refractivity contribution in [1.29, 1.82) is 0 Å². The molecule has 3 rings (SSSR count). The molecular formula is C15H17N3O2S. The number of aryl methyl sites for hydroxylation is 1. The molecule has 0 saturated carbocycles. The molecule has 0 saturated heterocycles. The van der Waals surface area contributed by atoms with Gasteiger partial charge < -0.3 is 14.6 Å². The van der Waals surface area contributed by atoms with Crippen molar-refractivity contribution in [3.63, 3.8) is 0 Å². The molecule has 1 aliphatic heterocycles. The van der Waals surface area contributed by atoms with Gasteiger partial charge in [-0.05, 0) is 24.8 Å². The SMILES string of the molecule is CC1=C(O)C(=O)N(CCCn2ccnc2)C1c1cccs1. The summed E-state index contributed by atoms with van der Waals surface area (Å²) in [6.07, 6.45) is 6.24. The number of thiophene rings is 1. The Morgan fingerprint density at radius 3 is 2.95 bits per heavy atom. The quantitative estimate of drug-likeness (QED) is 0.924. The van der Waals surface area contributed by atoms with Gasteiger partial charge in [0.25, 0.3) is 5.91 Å². The number of carbonyl (C=O) groups excluding carboxylic acids is 1. The second kappa shape index (κ2) is 5.73. The zero-order chi connectivity index (χ0) is 14.8. The first-order valence-electron chi connectivity index (χ1n) is 6.88. The molecule has 6 heteroatoms. The molecule has 110 valence electrons. The highest BCUT2D eigenvalue weighted by molar-refractivity contribution is 7.10. The summed E-state index contributed by atoms with van der Waals surface area (Å²) in [7, 11) is 0. The maximum atomic E-state index is 12.2. The normalized spacial score (nSPS) is 18.8. The molecule has 1 atom stereocenters. The summed E-state index contributed by atoms with van der Waals surface area (Å²) in [5.74, 6) is -0.368. The van der Waals surface area contributed by atoms with E-state index in [-0.39, 0.29) is 17.7 Å². The van der Waals surface area contributed by atoms with Crippen molar-refractivity contribution in [1.82, 2.24) is 14.5 Å². The van der Waals surface area contributed by atoms with Crippen molar-refractivity contribution in [2.75, 3.05) is 6.54 Å². The summed E-state index contributed by atoms with van der Waals surface area (Å²) >= 11 is 1.61. The van der Waals surface area contributed by atoms with E-state index in [1.165, 1.54) is 0 Å². The lowest BCUT2D eigenvalue weighted by molar-refractivity contribution is -0.129. The van der Waals surface area contributed by atoms with Crippen LogP contribution >= 0.6 is 11.3 Å². The van der Waals surface area contributed by atoms with Gasteiger partial charge in [0.05, 0.1) is 12.4 Å². The predicted octanol–water partition coefficient (Wildman–Crippen LogP) is 2.75. The Labute approximate surface area is 127 Å². The van der Waals surface area contributed by atoms with Crippen molar-refractivity contribution in [2.24, 2.45) is 0 Å². The number of carbonyl (C=O) groups is 1. The van der Waals surface area contributed by atoms with Crippen molar-refractivity contribution in [3.05, 3.63) is 52.4 Å². The van der Waals surface area contributed by atoms with Gasteiger partial charge in [-0.3, -0.25) is 4.79 Å². The number of aliphatic hydroxyl groups is 1. The van der Waals surface area contributed by atoms with E-state index in [0.29, 0.717) is 6.54 Å². The van der Waals surface area contributed by atoms with Crippen LogP contribution in [0.25, 0.3) is 0 Å². The van der Waals surface area contributed by atoms with Crippen molar-refractivity contribution in [3.8, 4) is 0 Å². The molecule has 0 aromatic carbocycles. The molecule has 2 aromatic heterocycles. The second-order valence-corrected chi connectivity index (χ2v) is 6.08. The molecule has 21 heavy (non-hydrogen) atoms. The van der Waals surface area contributed by atoms with Crippen LogP contribution in [0.3, 0.4) is 0 Å². The highest BCUT2D eigenvalue weighted by Gasteiger charge is 2.38. The first kappa shape index (κ1) is 13.9. The zero-order valence-electron chi connectivity index (χ0n) is 11.8. The molecule has 0 spiro atoms. The standard InChI is InChI=1S/C15H17N3O2S/c1-11-13(12-4-2-9-21-12)18(15(20)14(11)19)7-3-6-17-8-5-16-10-17/h2,4-5,8-10,13,19H,3,6-7H2,1H3. The van der Waals surface area contributed by atoms with Crippen LogP contribution < -0.4 is 0 Å². The Morgan fingerprint density at radius 2 is 2.29 bits per heavy atom. The van der Waals surface area contributed by atoms with Crippen LogP contribution in [0, 0.1) is 0 Å². The lowest BCUT2D eigenvalue weighted by Crippen LogP contribution is -2.31. The van der Waals surface area contributed by atoms with Crippen molar-refractivity contribution < 1.29 is 9.90 Å². The van der Waals surface area contributed by atoms with Gasteiger partial charge in [-0.25, -0.2) is 4.98 Å². The van der Waals surface area contributed by atoms with E-state index in [4.69, 9.17) is 0 Å². The monoisotopic (exact) mass is 303 g/mol. The number of hydrogen-bond donors (Lipinski definition) is 1. The van der Waals surface area contributed by atoms with Crippen LogP contribution in [0.4, 0.5) is 0 Å². The molecule has 1 N–H and O–H groups in total. The molecule has 0 fully saturated rings. The number of aromatic nitrogens is 2. The summed E-state index contributed by atoms with van der Waals surface area (Å²) in [4.78, 5) is 19.1. The maximum absolute atomic E-state index is 12.2. The molecule has 5 nitrogen and oxygen atoms in total. The molecule has 0 aliphatic carbocycles.